The summed E-state index contributed by atoms with van der Waals surface area (Å²) in [6, 6.07) is 4.55. The van der Waals surface area contributed by atoms with Crippen LogP contribution in [0.2, 0.25) is 0 Å². The summed E-state index contributed by atoms with van der Waals surface area (Å²) in [5.74, 6) is 3.60. The summed E-state index contributed by atoms with van der Waals surface area (Å²) in [5, 5.41) is 7.90. The Bertz CT molecular complexity index is 663. The van der Waals surface area contributed by atoms with Gasteiger partial charge in [-0.25, -0.2) is 0 Å². The maximum Gasteiger partial charge on any atom is 0.117 e. The van der Waals surface area contributed by atoms with E-state index < -0.39 is 0 Å². The fraction of sp³-hybridized carbons (Fsp3) is 0.611. The topological polar surface area (TPSA) is 52.2 Å². The van der Waals surface area contributed by atoms with E-state index in [1.807, 2.05) is 24.1 Å². The minimum absolute atomic E-state index is 0.0790. The average molecular weight is 315 g/mol. The third kappa shape index (κ3) is 3.21. The number of hydrogen-bond donors (Lipinski definition) is 1. The van der Waals surface area contributed by atoms with Crippen LogP contribution in [0.1, 0.15) is 55.3 Å². The number of nitrogens with one attached hydrogen (secondary N) is 1. The second-order valence-electron chi connectivity index (χ2n) is 6.99. The molecule has 4 atom stereocenters. The molecule has 2 aromatic heterocycles. The molecule has 3 heterocycles. The summed E-state index contributed by atoms with van der Waals surface area (Å²) in [6.07, 6.45) is 7.51. The van der Waals surface area contributed by atoms with Gasteiger partial charge in [0.15, 0.2) is 0 Å². The van der Waals surface area contributed by atoms with Crippen molar-refractivity contribution in [2.75, 3.05) is 6.61 Å². The Hall–Kier alpha value is -1.59. The first kappa shape index (κ1) is 15.0. The van der Waals surface area contributed by atoms with Crippen LogP contribution in [-0.4, -0.2) is 22.4 Å². The van der Waals surface area contributed by atoms with Gasteiger partial charge in [0.2, 0.25) is 0 Å². The predicted octanol–water partition coefficient (Wildman–Crippen LogP) is 3.15. The molecule has 2 fully saturated rings. The molecule has 0 unspecified atom stereocenters. The van der Waals surface area contributed by atoms with Crippen LogP contribution in [0, 0.1) is 5.92 Å². The van der Waals surface area contributed by atoms with E-state index in [-0.39, 0.29) is 6.10 Å². The lowest BCUT2D eigenvalue weighted by molar-refractivity contribution is -0.0116. The Labute approximate surface area is 137 Å². The third-order valence-electron chi connectivity index (χ3n) is 5.07. The molecule has 0 spiro atoms. The Morgan fingerprint density at radius 3 is 3.00 bits per heavy atom. The Balaban J connectivity index is 1.39. The smallest absolute Gasteiger partial charge is 0.117 e. The lowest BCUT2D eigenvalue weighted by Crippen LogP contribution is -2.38. The number of aryl methyl sites for hydroxylation is 1. The van der Waals surface area contributed by atoms with Crippen molar-refractivity contribution < 1.29 is 9.15 Å². The zero-order valence-corrected chi connectivity index (χ0v) is 13.9. The van der Waals surface area contributed by atoms with Gasteiger partial charge >= 0.3 is 0 Å². The standard InChI is InChI=1S/C18H25N3O2/c1-12-8-15(12)17-6-5-14(23-17)10-19-16-4-3-7-22-18(16)13-9-20-21(2)11-13/h5-6,9,11-12,15-16,18-19H,3-4,7-8,10H2,1-2H3/t12-,15+,16-,18+/m0/s1. The van der Waals surface area contributed by atoms with Gasteiger partial charge in [-0.05, 0) is 37.3 Å². The summed E-state index contributed by atoms with van der Waals surface area (Å²) < 4.78 is 13.8. The quantitative estimate of drug-likeness (QED) is 0.921. The van der Waals surface area contributed by atoms with Gasteiger partial charge in [0.05, 0.1) is 12.7 Å². The molecule has 23 heavy (non-hydrogen) atoms. The third-order valence-corrected chi connectivity index (χ3v) is 5.07. The van der Waals surface area contributed by atoms with E-state index in [4.69, 9.17) is 9.15 Å². The van der Waals surface area contributed by atoms with Gasteiger partial charge in [0, 0.05) is 37.4 Å². The van der Waals surface area contributed by atoms with Crippen molar-refractivity contribution in [3.8, 4) is 0 Å². The fourth-order valence-corrected chi connectivity index (χ4v) is 3.54. The number of aromatic nitrogens is 2. The van der Waals surface area contributed by atoms with Crippen LogP contribution in [-0.2, 0) is 18.3 Å². The molecule has 0 radical (unpaired) electrons. The minimum atomic E-state index is 0.0790. The molecule has 0 bridgehead atoms. The number of hydrogen-bond acceptors (Lipinski definition) is 4. The molecule has 0 amide bonds. The van der Waals surface area contributed by atoms with Crippen LogP contribution < -0.4 is 5.32 Å². The largest absolute Gasteiger partial charge is 0.464 e. The summed E-state index contributed by atoms with van der Waals surface area (Å²) >= 11 is 0. The van der Waals surface area contributed by atoms with Crippen molar-refractivity contribution in [1.82, 2.24) is 15.1 Å². The van der Waals surface area contributed by atoms with Crippen molar-refractivity contribution >= 4 is 0 Å². The lowest BCUT2D eigenvalue weighted by atomic mass is 9.98. The van der Waals surface area contributed by atoms with Crippen LogP contribution in [0.5, 0.6) is 0 Å². The first-order valence-electron chi connectivity index (χ1n) is 8.63. The molecule has 1 saturated heterocycles. The molecule has 0 aromatic carbocycles. The first-order chi connectivity index (χ1) is 11.2. The zero-order chi connectivity index (χ0) is 15.8. The second kappa shape index (κ2) is 6.13. The summed E-state index contributed by atoms with van der Waals surface area (Å²) in [6.45, 7) is 3.86. The molecule has 5 heteroatoms. The van der Waals surface area contributed by atoms with E-state index in [1.165, 1.54) is 6.42 Å². The lowest BCUT2D eigenvalue weighted by Gasteiger charge is -2.31. The van der Waals surface area contributed by atoms with Crippen LogP contribution >= 0.6 is 0 Å². The maximum absolute atomic E-state index is 6.00. The molecule has 1 saturated carbocycles. The maximum atomic E-state index is 6.00. The van der Waals surface area contributed by atoms with Crippen molar-refractivity contribution in [2.24, 2.45) is 13.0 Å². The zero-order valence-electron chi connectivity index (χ0n) is 13.9. The van der Waals surface area contributed by atoms with Gasteiger partial charge in [-0.3, -0.25) is 4.68 Å². The van der Waals surface area contributed by atoms with Gasteiger partial charge < -0.3 is 14.5 Å². The van der Waals surface area contributed by atoms with E-state index in [2.05, 4.69) is 29.5 Å². The van der Waals surface area contributed by atoms with Gasteiger partial charge in [0.1, 0.15) is 17.6 Å². The molecule has 1 aliphatic heterocycles. The first-order valence-corrected chi connectivity index (χ1v) is 8.63. The van der Waals surface area contributed by atoms with Gasteiger partial charge in [-0.15, -0.1) is 0 Å². The highest BCUT2D eigenvalue weighted by Crippen LogP contribution is 2.47. The molecule has 2 aromatic rings. The van der Waals surface area contributed by atoms with E-state index in [0.29, 0.717) is 12.0 Å². The predicted molar refractivity (Wildman–Crippen MR) is 87.0 cm³/mol. The highest BCUT2D eigenvalue weighted by atomic mass is 16.5. The summed E-state index contributed by atoms with van der Waals surface area (Å²) in [7, 11) is 1.94. The Morgan fingerprint density at radius 1 is 1.39 bits per heavy atom. The van der Waals surface area contributed by atoms with E-state index >= 15 is 0 Å². The van der Waals surface area contributed by atoms with Crippen LogP contribution in [0.25, 0.3) is 0 Å². The molecule has 1 N–H and O–H groups in total. The molecule has 5 nitrogen and oxygen atoms in total. The van der Waals surface area contributed by atoms with E-state index in [0.717, 1.165) is 49.0 Å². The summed E-state index contributed by atoms with van der Waals surface area (Å²) in [4.78, 5) is 0. The molecule has 1 aliphatic carbocycles. The summed E-state index contributed by atoms with van der Waals surface area (Å²) in [5.41, 5.74) is 1.15. The van der Waals surface area contributed by atoms with Crippen LogP contribution in [0.3, 0.4) is 0 Å². The van der Waals surface area contributed by atoms with Crippen LogP contribution in [0.4, 0.5) is 0 Å². The molecular weight excluding hydrogens is 290 g/mol. The molecular formula is C18H25N3O2. The van der Waals surface area contributed by atoms with Crippen molar-refractivity contribution in [1.29, 1.82) is 0 Å². The van der Waals surface area contributed by atoms with Crippen molar-refractivity contribution in [3.05, 3.63) is 41.6 Å². The fourth-order valence-electron chi connectivity index (χ4n) is 3.54. The monoisotopic (exact) mass is 315 g/mol. The number of ether oxygens (including phenoxy) is 1. The van der Waals surface area contributed by atoms with E-state index in [1.54, 1.807) is 0 Å². The van der Waals surface area contributed by atoms with Crippen molar-refractivity contribution in [3.63, 3.8) is 0 Å². The van der Waals surface area contributed by atoms with Gasteiger partial charge in [-0.1, -0.05) is 6.92 Å². The average Bonchev–Trinajstić information content (AvgIpc) is 2.96. The van der Waals surface area contributed by atoms with Crippen molar-refractivity contribution in [2.45, 2.75) is 50.8 Å². The SMILES string of the molecule is C[C@H]1C[C@H]1c1ccc(CN[C@H]2CCCO[C@@H]2c2cnn(C)c2)o1. The number of furan rings is 1. The molecule has 4 rings (SSSR count). The highest BCUT2D eigenvalue weighted by molar-refractivity contribution is 5.18. The highest BCUT2D eigenvalue weighted by Gasteiger charge is 2.36. The number of rotatable bonds is 5. The Kier molecular flexibility index (Phi) is 3.99. The number of nitrogens with zero attached hydrogens (tertiary/aromatic N) is 2. The molecule has 2 aliphatic rings. The second-order valence-corrected chi connectivity index (χ2v) is 6.99. The van der Waals surface area contributed by atoms with Gasteiger partial charge in [-0.2, -0.15) is 5.10 Å². The van der Waals surface area contributed by atoms with E-state index in [9.17, 15) is 0 Å². The normalized spacial score (nSPS) is 30.5. The minimum Gasteiger partial charge on any atom is -0.464 e. The Morgan fingerprint density at radius 2 is 2.26 bits per heavy atom. The van der Waals surface area contributed by atoms with Gasteiger partial charge in [0.25, 0.3) is 0 Å². The van der Waals surface area contributed by atoms with Crippen LogP contribution in [0.15, 0.2) is 28.9 Å². The molecule has 124 valence electrons.